The van der Waals surface area contributed by atoms with Gasteiger partial charge in [-0.2, -0.15) is 0 Å². The molecule has 6 nitrogen and oxygen atoms in total. The van der Waals surface area contributed by atoms with Crippen LogP contribution in [0.5, 0.6) is 5.75 Å². The number of aryl methyl sites for hydroxylation is 1. The van der Waals surface area contributed by atoms with E-state index in [1.165, 1.54) is 24.1 Å². The Morgan fingerprint density at radius 3 is 2.57 bits per heavy atom. The third-order valence-electron chi connectivity index (χ3n) is 5.24. The molecule has 8 heteroatoms. The van der Waals surface area contributed by atoms with E-state index in [1.807, 2.05) is 12.1 Å². The number of guanidine groups is 1. The molecular formula is C22H34IN5OS. The molecule has 0 radical (unpaired) electrons. The van der Waals surface area contributed by atoms with Crippen LogP contribution in [0.4, 0.5) is 0 Å². The molecule has 1 saturated heterocycles. The summed E-state index contributed by atoms with van der Waals surface area (Å²) in [7, 11) is 1.69. The fourth-order valence-electron chi connectivity index (χ4n) is 3.54. The van der Waals surface area contributed by atoms with E-state index >= 15 is 0 Å². The van der Waals surface area contributed by atoms with Crippen molar-refractivity contribution >= 4 is 41.3 Å². The maximum absolute atomic E-state index is 5.21. The summed E-state index contributed by atoms with van der Waals surface area (Å²) < 4.78 is 5.21. The lowest BCUT2D eigenvalue weighted by Gasteiger charge is -2.31. The molecule has 0 atom stereocenters. The van der Waals surface area contributed by atoms with E-state index in [0.29, 0.717) is 12.5 Å². The van der Waals surface area contributed by atoms with Crippen molar-refractivity contribution in [2.75, 3.05) is 33.3 Å². The van der Waals surface area contributed by atoms with Gasteiger partial charge in [-0.05, 0) is 63.4 Å². The SMILES string of the molecule is CCNC(=NCc1ccc(OC)cc1)NCC1CCN(Cc2csc(C)n2)CC1.I. The molecular weight excluding hydrogens is 509 g/mol. The van der Waals surface area contributed by atoms with Gasteiger partial charge in [0.1, 0.15) is 5.75 Å². The summed E-state index contributed by atoms with van der Waals surface area (Å²) in [5, 5.41) is 10.2. The van der Waals surface area contributed by atoms with Gasteiger partial charge < -0.3 is 15.4 Å². The number of methoxy groups -OCH3 is 1. The lowest BCUT2D eigenvalue weighted by Crippen LogP contribution is -2.42. The number of aromatic nitrogens is 1. The Balaban J connectivity index is 0.00000320. The number of hydrogen-bond acceptors (Lipinski definition) is 5. The second kappa shape index (κ2) is 13.1. The Bertz CT molecular complexity index is 772. The maximum atomic E-state index is 5.21. The number of thiazole rings is 1. The Labute approximate surface area is 201 Å². The van der Waals surface area contributed by atoms with E-state index < -0.39 is 0 Å². The van der Waals surface area contributed by atoms with Crippen molar-refractivity contribution in [1.29, 1.82) is 0 Å². The van der Waals surface area contributed by atoms with Gasteiger partial charge >= 0.3 is 0 Å². The molecule has 1 aliphatic rings. The lowest BCUT2D eigenvalue weighted by molar-refractivity contribution is 0.176. The Morgan fingerprint density at radius 1 is 1.23 bits per heavy atom. The average molecular weight is 544 g/mol. The summed E-state index contributed by atoms with van der Waals surface area (Å²) in [6.07, 6.45) is 2.43. The van der Waals surface area contributed by atoms with Crippen molar-refractivity contribution in [2.45, 2.75) is 39.8 Å². The standard InChI is InChI=1S/C22H33N5OS.HI/c1-4-23-22(24-13-18-5-7-21(28-3)8-6-18)25-14-19-9-11-27(12-10-19)15-20-16-29-17(2)26-20;/h5-8,16,19H,4,9-15H2,1-3H3,(H2,23,24,25);1H. The van der Waals surface area contributed by atoms with Gasteiger partial charge in [-0.3, -0.25) is 4.90 Å². The lowest BCUT2D eigenvalue weighted by atomic mass is 9.97. The van der Waals surface area contributed by atoms with Crippen molar-refractivity contribution in [2.24, 2.45) is 10.9 Å². The van der Waals surface area contributed by atoms with Crippen LogP contribution in [0.15, 0.2) is 34.6 Å². The monoisotopic (exact) mass is 543 g/mol. The summed E-state index contributed by atoms with van der Waals surface area (Å²) >= 11 is 1.74. The van der Waals surface area contributed by atoms with Gasteiger partial charge in [-0.25, -0.2) is 9.98 Å². The molecule has 1 aromatic carbocycles. The summed E-state index contributed by atoms with van der Waals surface area (Å²) in [5.74, 6) is 2.45. The number of hydrogen-bond donors (Lipinski definition) is 2. The number of nitrogens with one attached hydrogen (secondary N) is 2. The first-order valence-electron chi connectivity index (χ1n) is 10.4. The van der Waals surface area contributed by atoms with E-state index in [0.717, 1.165) is 49.4 Å². The number of likely N-dealkylation sites (tertiary alicyclic amines) is 1. The average Bonchev–Trinajstić information content (AvgIpc) is 3.16. The minimum absolute atomic E-state index is 0. The van der Waals surface area contributed by atoms with E-state index in [9.17, 15) is 0 Å². The third kappa shape index (κ3) is 8.03. The zero-order valence-corrected chi connectivity index (χ0v) is 21.3. The third-order valence-corrected chi connectivity index (χ3v) is 6.06. The van der Waals surface area contributed by atoms with Gasteiger partial charge in [0.15, 0.2) is 5.96 Å². The maximum Gasteiger partial charge on any atom is 0.191 e. The fraction of sp³-hybridized carbons (Fsp3) is 0.545. The molecule has 0 aliphatic carbocycles. The molecule has 0 amide bonds. The number of nitrogens with zero attached hydrogens (tertiary/aromatic N) is 3. The van der Waals surface area contributed by atoms with Crippen molar-refractivity contribution < 1.29 is 4.74 Å². The molecule has 0 spiro atoms. The van der Waals surface area contributed by atoms with Gasteiger partial charge in [-0.1, -0.05) is 12.1 Å². The molecule has 3 rings (SSSR count). The fourth-order valence-corrected chi connectivity index (χ4v) is 4.15. The van der Waals surface area contributed by atoms with Crippen molar-refractivity contribution in [3.05, 3.63) is 45.9 Å². The van der Waals surface area contributed by atoms with Crippen LogP contribution in [0.25, 0.3) is 0 Å². The van der Waals surface area contributed by atoms with Crippen molar-refractivity contribution in [3.63, 3.8) is 0 Å². The summed E-state index contributed by atoms with van der Waals surface area (Å²) in [6, 6.07) is 8.08. The quantitative estimate of drug-likeness (QED) is 0.299. The summed E-state index contributed by atoms with van der Waals surface area (Å²) in [4.78, 5) is 11.8. The van der Waals surface area contributed by atoms with Gasteiger partial charge in [0.05, 0.1) is 24.4 Å². The van der Waals surface area contributed by atoms with Crippen LogP contribution in [0.1, 0.15) is 36.0 Å². The first kappa shape index (κ1) is 24.9. The van der Waals surface area contributed by atoms with E-state index in [2.05, 4.69) is 51.9 Å². The molecule has 2 aromatic rings. The highest BCUT2D eigenvalue weighted by Gasteiger charge is 2.20. The Kier molecular flexibility index (Phi) is 10.9. The van der Waals surface area contributed by atoms with Gasteiger partial charge in [0, 0.05) is 25.0 Å². The smallest absolute Gasteiger partial charge is 0.191 e. The van der Waals surface area contributed by atoms with Crippen LogP contribution in [-0.4, -0.2) is 49.1 Å². The summed E-state index contributed by atoms with van der Waals surface area (Å²) in [6.45, 7) is 9.93. The van der Waals surface area contributed by atoms with Gasteiger partial charge in [-0.15, -0.1) is 35.3 Å². The molecule has 0 saturated carbocycles. The molecule has 166 valence electrons. The first-order chi connectivity index (χ1) is 14.2. The second-order valence-corrected chi connectivity index (χ2v) is 8.56. The topological polar surface area (TPSA) is 61.8 Å². The van der Waals surface area contributed by atoms with Crippen molar-refractivity contribution in [1.82, 2.24) is 20.5 Å². The van der Waals surface area contributed by atoms with Crippen LogP contribution in [-0.2, 0) is 13.1 Å². The number of halogens is 1. The highest BCUT2D eigenvalue weighted by Crippen LogP contribution is 2.19. The molecule has 1 aromatic heterocycles. The van der Waals surface area contributed by atoms with Gasteiger partial charge in [0.25, 0.3) is 0 Å². The van der Waals surface area contributed by atoms with E-state index in [1.54, 1.807) is 18.4 Å². The zero-order chi connectivity index (χ0) is 20.5. The highest BCUT2D eigenvalue weighted by atomic mass is 127. The molecule has 1 fully saturated rings. The van der Waals surface area contributed by atoms with E-state index in [-0.39, 0.29) is 24.0 Å². The normalized spacial score (nSPS) is 15.5. The van der Waals surface area contributed by atoms with Crippen LogP contribution < -0.4 is 15.4 Å². The first-order valence-corrected chi connectivity index (χ1v) is 11.3. The predicted molar refractivity (Wildman–Crippen MR) is 136 cm³/mol. The zero-order valence-electron chi connectivity index (χ0n) is 18.2. The number of piperidine rings is 1. The molecule has 0 bridgehead atoms. The van der Waals surface area contributed by atoms with Crippen LogP contribution in [0.3, 0.4) is 0 Å². The number of ether oxygens (including phenoxy) is 1. The Hall–Kier alpha value is -1.39. The Morgan fingerprint density at radius 2 is 1.97 bits per heavy atom. The van der Waals surface area contributed by atoms with Gasteiger partial charge in [0.2, 0.25) is 0 Å². The van der Waals surface area contributed by atoms with Crippen LogP contribution in [0.2, 0.25) is 0 Å². The molecule has 1 aliphatic heterocycles. The molecule has 0 unspecified atom stereocenters. The van der Waals surface area contributed by atoms with Crippen LogP contribution >= 0.6 is 35.3 Å². The molecule has 30 heavy (non-hydrogen) atoms. The minimum atomic E-state index is 0. The minimum Gasteiger partial charge on any atom is -0.497 e. The highest BCUT2D eigenvalue weighted by molar-refractivity contribution is 14.0. The largest absolute Gasteiger partial charge is 0.497 e. The second-order valence-electron chi connectivity index (χ2n) is 7.50. The molecule has 2 heterocycles. The predicted octanol–water partition coefficient (Wildman–Crippen LogP) is 4.05. The molecule has 2 N–H and O–H groups in total. The van der Waals surface area contributed by atoms with E-state index in [4.69, 9.17) is 9.73 Å². The van der Waals surface area contributed by atoms with Crippen molar-refractivity contribution in [3.8, 4) is 5.75 Å². The van der Waals surface area contributed by atoms with Crippen LogP contribution in [0, 0.1) is 12.8 Å². The number of rotatable bonds is 8. The number of aliphatic imine (C=N–C) groups is 1. The summed E-state index contributed by atoms with van der Waals surface area (Å²) in [5.41, 5.74) is 2.39. The number of benzene rings is 1.